The van der Waals surface area contributed by atoms with Crippen LogP contribution in [-0.2, 0) is 0 Å². The molecule has 3 aromatic rings. The highest BCUT2D eigenvalue weighted by Crippen LogP contribution is 2.21. The van der Waals surface area contributed by atoms with E-state index in [2.05, 4.69) is 15.5 Å². The van der Waals surface area contributed by atoms with Crippen LogP contribution in [0.5, 0.6) is 0 Å². The van der Waals surface area contributed by atoms with E-state index in [0.29, 0.717) is 5.82 Å². The molecule has 0 amide bonds. The summed E-state index contributed by atoms with van der Waals surface area (Å²) in [6.07, 6.45) is 2.77. The molecule has 0 aliphatic carbocycles. The van der Waals surface area contributed by atoms with Crippen LogP contribution in [0.25, 0.3) is 5.69 Å². The maximum Gasteiger partial charge on any atom is 0.335 e. The number of aromatic carboxylic acids is 1. The fourth-order valence-electron chi connectivity index (χ4n) is 2.82. The number of carbonyl (C=O) groups is 1. The molecule has 0 spiro atoms. The molecule has 0 fully saturated rings. The number of rotatable bonds is 6. The number of nitro groups is 1. The minimum Gasteiger partial charge on any atom is -0.478 e. The van der Waals surface area contributed by atoms with Crippen molar-refractivity contribution in [3.05, 3.63) is 81.3 Å². The molecular weight excluding hydrogens is 362 g/mol. The number of carboxylic acid groups (broad SMARTS) is 1. The van der Waals surface area contributed by atoms with Crippen LogP contribution in [0.1, 0.15) is 27.3 Å². The lowest BCUT2D eigenvalue weighted by molar-refractivity contribution is -0.385. The van der Waals surface area contributed by atoms with Gasteiger partial charge in [0.1, 0.15) is 12.0 Å². The third-order valence-corrected chi connectivity index (χ3v) is 4.16. The van der Waals surface area contributed by atoms with Gasteiger partial charge in [-0.1, -0.05) is 6.07 Å². The number of hydrazone groups is 1. The standard InChI is InChI=1S/C19H17N5O4/c1-12-8-15(10-21-22-18-7-6-17(11-20-18)24(27)28)13(2)23(12)16-5-3-4-14(9-16)19(25)26/h3-11H,1-2H3,(H,20,22)(H,25,26)/b21-10-. The van der Waals surface area contributed by atoms with Crippen LogP contribution in [0.15, 0.2) is 53.8 Å². The minimum atomic E-state index is -0.981. The van der Waals surface area contributed by atoms with Gasteiger partial charge in [-0.3, -0.25) is 15.5 Å². The third kappa shape index (κ3) is 3.88. The van der Waals surface area contributed by atoms with E-state index in [9.17, 15) is 20.0 Å². The summed E-state index contributed by atoms with van der Waals surface area (Å²) in [6, 6.07) is 11.4. The molecule has 0 aliphatic rings. The number of carboxylic acids is 1. The van der Waals surface area contributed by atoms with E-state index in [0.717, 1.165) is 28.8 Å². The lowest BCUT2D eigenvalue weighted by Gasteiger charge is -2.10. The first kappa shape index (κ1) is 18.8. The number of pyridine rings is 1. The summed E-state index contributed by atoms with van der Waals surface area (Å²) < 4.78 is 1.94. The molecule has 3 rings (SSSR count). The molecule has 142 valence electrons. The number of benzene rings is 1. The molecule has 9 nitrogen and oxygen atoms in total. The van der Waals surface area contributed by atoms with Crippen LogP contribution in [-0.4, -0.2) is 31.8 Å². The van der Waals surface area contributed by atoms with E-state index >= 15 is 0 Å². The van der Waals surface area contributed by atoms with E-state index in [1.807, 2.05) is 30.5 Å². The normalized spacial score (nSPS) is 10.9. The number of hydrogen-bond acceptors (Lipinski definition) is 6. The molecular formula is C19H17N5O4. The maximum absolute atomic E-state index is 11.2. The Bertz CT molecular complexity index is 1070. The molecule has 0 aliphatic heterocycles. The first-order valence-electron chi connectivity index (χ1n) is 8.29. The Morgan fingerprint density at radius 2 is 2.07 bits per heavy atom. The van der Waals surface area contributed by atoms with Gasteiger partial charge in [-0.2, -0.15) is 5.10 Å². The highest BCUT2D eigenvalue weighted by atomic mass is 16.6. The fourth-order valence-corrected chi connectivity index (χ4v) is 2.82. The number of nitrogens with zero attached hydrogens (tertiary/aromatic N) is 4. The van der Waals surface area contributed by atoms with Crippen molar-refractivity contribution in [1.82, 2.24) is 9.55 Å². The molecule has 2 heterocycles. The van der Waals surface area contributed by atoms with Gasteiger partial charge in [0.05, 0.1) is 16.7 Å². The lowest BCUT2D eigenvalue weighted by atomic mass is 10.2. The molecule has 28 heavy (non-hydrogen) atoms. The molecule has 2 aromatic heterocycles. The van der Waals surface area contributed by atoms with E-state index < -0.39 is 10.9 Å². The van der Waals surface area contributed by atoms with Crippen molar-refractivity contribution in [2.24, 2.45) is 5.10 Å². The van der Waals surface area contributed by atoms with Crippen molar-refractivity contribution >= 4 is 23.7 Å². The highest BCUT2D eigenvalue weighted by molar-refractivity contribution is 5.88. The monoisotopic (exact) mass is 379 g/mol. The van der Waals surface area contributed by atoms with Crippen molar-refractivity contribution in [3.8, 4) is 5.69 Å². The quantitative estimate of drug-likeness (QED) is 0.384. The third-order valence-electron chi connectivity index (χ3n) is 4.16. The van der Waals surface area contributed by atoms with Crippen molar-refractivity contribution in [3.63, 3.8) is 0 Å². The van der Waals surface area contributed by atoms with E-state index in [4.69, 9.17) is 0 Å². The van der Waals surface area contributed by atoms with E-state index in [1.165, 1.54) is 12.1 Å². The Morgan fingerprint density at radius 1 is 1.29 bits per heavy atom. The van der Waals surface area contributed by atoms with Gasteiger partial charge >= 0.3 is 5.97 Å². The number of hydrogen-bond donors (Lipinski definition) is 2. The summed E-state index contributed by atoms with van der Waals surface area (Å²) >= 11 is 0. The molecule has 0 unspecified atom stereocenters. The van der Waals surface area contributed by atoms with Crippen molar-refractivity contribution < 1.29 is 14.8 Å². The SMILES string of the molecule is Cc1cc(/C=N\Nc2ccc([N+](=O)[O-])cn2)c(C)n1-c1cccc(C(=O)O)c1. The van der Waals surface area contributed by atoms with E-state index in [1.54, 1.807) is 24.4 Å². The Hall–Kier alpha value is -4.01. The lowest BCUT2D eigenvalue weighted by Crippen LogP contribution is -2.03. The topological polar surface area (TPSA) is 123 Å². The smallest absolute Gasteiger partial charge is 0.335 e. The number of nitrogens with one attached hydrogen (secondary N) is 1. The minimum absolute atomic E-state index is 0.0957. The Balaban J connectivity index is 1.81. The molecule has 2 N–H and O–H groups in total. The van der Waals surface area contributed by atoms with E-state index in [-0.39, 0.29) is 11.3 Å². The molecule has 0 saturated heterocycles. The second kappa shape index (κ2) is 7.70. The second-order valence-corrected chi connectivity index (χ2v) is 6.05. The summed E-state index contributed by atoms with van der Waals surface area (Å²) in [6.45, 7) is 3.83. The first-order valence-corrected chi connectivity index (χ1v) is 8.29. The Morgan fingerprint density at radius 3 is 2.71 bits per heavy atom. The van der Waals surface area contributed by atoms with Gasteiger partial charge in [-0.15, -0.1) is 0 Å². The van der Waals surface area contributed by atoms with Crippen LogP contribution < -0.4 is 5.43 Å². The van der Waals surface area contributed by atoms with Crippen molar-refractivity contribution in [2.75, 3.05) is 5.43 Å². The zero-order chi connectivity index (χ0) is 20.3. The number of aromatic nitrogens is 2. The van der Waals surface area contributed by atoms with Crippen molar-refractivity contribution in [2.45, 2.75) is 13.8 Å². The average Bonchev–Trinajstić information content (AvgIpc) is 2.95. The highest BCUT2D eigenvalue weighted by Gasteiger charge is 2.11. The second-order valence-electron chi connectivity index (χ2n) is 6.05. The van der Waals surface area contributed by atoms with Gasteiger partial charge in [0, 0.05) is 28.7 Å². The predicted octanol–water partition coefficient (Wildman–Crippen LogP) is 3.54. The largest absolute Gasteiger partial charge is 0.478 e. The predicted molar refractivity (Wildman–Crippen MR) is 104 cm³/mol. The molecule has 9 heteroatoms. The van der Waals surface area contributed by atoms with Crippen LogP contribution in [0.4, 0.5) is 11.5 Å². The summed E-state index contributed by atoms with van der Waals surface area (Å²) in [4.78, 5) is 25.3. The average molecular weight is 379 g/mol. The summed E-state index contributed by atoms with van der Waals surface area (Å²) in [5.74, 6) is -0.601. The zero-order valence-electron chi connectivity index (χ0n) is 15.2. The zero-order valence-corrected chi connectivity index (χ0v) is 15.2. The van der Waals surface area contributed by atoms with Gasteiger partial charge in [0.2, 0.25) is 0 Å². The van der Waals surface area contributed by atoms with Gasteiger partial charge in [-0.05, 0) is 44.2 Å². The fraction of sp³-hybridized carbons (Fsp3) is 0.105. The van der Waals surface area contributed by atoms with Gasteiger partial charge in [0.15, 0.2) is 0 Å². The number of anilines is 1. The summed E-state index contributed by atoms with van der Waals surface area (Å²) in [5.41, 5.74) is 6.25. The Kier molecular flexibility index (Phi) is 5.16. The van der Waals surface area contributed by atoms with Crippen LogP contribution in [0, 0.1) is 24.0 Å². The summed E-state index contributed by atoms with van der Waals surface area (Å²) in [5, 5.41) is 24.0. The first-order chi connectivity index (χ1) is 13.4. The molecule has 0 radical (unpaired) electrons. The van der Waals surface area contributed by atoms with Gasteiger partial charge in [-0.25, -0.2) is 9.78 Å². The number of aryl methyl sites for hydroxylation is 1. The summed E-state index contributed by atoms with van der Waals surface area (Å²) in [7, 11) is 0. The molecule has 0 saturated carbocycles. The maximum atomic E-state index is 11.2. The molecule has 0 atom stereocenters. The van der Waals surface area contributed by atoms with Crippen LogP contribution in [0.3, 0.4) is 0 Å². The molecule has 0 bridgehead atoms. The van der Waals surface area contributed by atoms with Crippen LogP contribution >= 0.6 is 0 Å². The Labute approximate surface area is 160 Å². The van der Waals surface area contributed by atoms with Crippen molar-refractivity contribution in [1.29, 1.82) is 0 Å². The van der Waals surface area contributed by atoms with Crippen LogP contribution in [0.2, 0.25) is 0 Å². The van der Waals surface area contributed by atoms with Gasteiger partial charge < -0.3 is 9.67 Å². The van der Waals surface area contributed by atoms with Gasteiger partial charge in [0.25, 0.3) is 5.69 Å². The molecule has 1 aromatic carbocycles.